The molecule has 208 valence electrons. The highest BCUT2D eigenvalue weighted by Crippen LogP contribution is 2.35. The Bertz CT molecular complexity index is 1370. The lowest BCUT2D eigenvalue weighted by atomic mass is 10.1. The molecule has 6 rings (SSSR count). The molecule has 40 heavy (non-hydrogen) atoms. The third kappa shape index (κ3) is 5.50. The lowest BCUT2D eigenvalue weighted by Crippen LogP contribution is -2.51. The van der Waals surface area contributed by atoms with E-state index in [9.17, 15) is 9.59 Å². The molecule has 0 saturated carbocycles. The zero-order valence-electron chi connectivity index (χ0n) is 22.4. The first kappa shape index (κ1) is 25.9. The number of morpholine rings is 1. The minimum atomic E-state index is -0.380. The number of ether oxygens (including phenoxy) is 3. The Morgan fingerprint density at radius 2 is 1.62 bits per heavy atom. The minimum Gasteiger partial charge on any atom is -0.451 e. The summed E-state index contributed by atoms with van der Waals surface area (Å²) in [5.41, 5.74) is 3.52. The molecular formula is C29H32N6O5. The van der Waals surface area contributed by atoms with E-state index < -0.39 is 0 Å². The van der Waals surface area contributed by atoms with E-state index in [-0.39, 0.29) is 24.6 Å². The number of hydrogen-bond acceptors (Lipinski definition) is 9. The van der Waals surface area contributed by atoms with Crippen LogP contribution in [0.15, 0.2) is 54.9 Å². The summed E-state index contributed by atoms with van der Waals surface area (Å²) in [6.07, 6.45) is 3.37. The van der Waals surface area contributed by atoms with E-state index in [4.69, 9.17) is 14.2 Å². The molecule has 2 amide bonds. The molecular weight excluding hydrogens is 512 g/mol. The topological polar surface area (TPSA) is 109 Å². The van der Waals surface area contributed by atoms with Gasteiger partial charge in [0.15, 0.2) is 11.5 Å². The van der Waals surface area contributed by atoms with Crippen molar-refractivity contribution in [3.05, 3.63) is 60.4 Å². The molecule has 0 spiro atoms. The summed E-state index contributed by atoms with van der Waals surface area (Å²) in [5, 5.41) is 2.74. The van der Waals surface area contributed by atoms with Crippen molar-refractivity contribution in [2.45, 2.75) is 13.2 Å². The molecule has 1 N–H and O–H groups in total. The minimum absolute atomic E-state index is 0.0624. The second-order valence-corrected chi connectivity index (χ2v) is 9.90. The number of rotatable bonds is 6. The summed E-state index contributed by atoms with van der Waals surface area (Å²) in [7, 11) is 0. The number of carbonyl (C=O) groups excluding carboxylic acids is 2. The van der Waals surface area contributed by atoms with E-state index >= 15 is 0 Å². The van der Waals surface area contributed by atoms with E-state index in [1.807, 2.05) is 24.5 Å². The second-order valence-electron chi connectivity index (χ2n) is 9.90. The summed E-state index contributed by atoms with van der Waals surface area (Å²) in [4.78, 5) is 40.9. The van der Waals surface area contributed by atoms with E-state index in [1.54, 1.807) is 30.0 Å². The zero-order chi connectivity index (χ0) is 27.5. The van der Waals surface area contributed by atoms with Gasteiger partial charge in [0.25, 0.3) is 5.91 Å². The predicted molar refractivity (Wildman–Crippen MR) is 149 cm³/mol. The zero-order valence-corrected chi connectivity index (χ0v) is 22.4. The third-order valence-corrected chi connectivity index (χ3v) is 7.31. The fraction of sp³-hybridized carbons (Fsp3) is 0.379. The number of amides is 2. The third-order valence-electron chi connectivity index (χ3n) is 7.31. The molecule has 2 saturated heterocycles. The molecule has 0 aliphatic carbocycles. The van der Waals surface area contributed by atoms with Crippen LogP contribution in [-0.2, 0) is 9.53 Å². The number of para-hydroxylation sites is 1. The molecule has 11 heteroatoms. The predicted octanol–water partition coefficient (Wildman–Crippen LogP) is 2.18. The van der Waals surface area contributed by atoms with Gasteiger partial charge < -0.3 is 34.2 Å². The van der Waals surface area contributed by atoms with Crippen molar-refractivity contribution in [2.24, 2.45) is 0 Å². The normalized spacial score (nSPS) is 18.5. The SMILES string of the molecule is CC1Oc2ccc(C(=O)NCC(=O)N3CCN(c4ccccc4-c4cnc(N5CCOCC5)nc4)CC3)cc2O1. The highest BCUT2D eigenvalue weighted by atomic mass is 16.7. The van der Waals surface area contributed by atoms with Crippen molar-refractivity contribution >= 4 is 23.5 Å². The summed E-state index contributed by atoms with van der Waals surface area (Å²) < 4.78 is 16.5. The summed E-state index contributed by atoms with van der Waals surface area (Å²) in [6.45, 7) is 7.19. The van der Waals surface area contributed by atoms with Crippen LogP contribution in [0, 0.1) is 0 Å². The van der Waals surface area contributed by atoms with Gasteiger partial charge in [0.1, 0.15) is 0 Å². The number of anilines is 2. The van der Waals surface area contributed by atoms with Crippen LogP contribution in [0.4, 0.5) is 11.6 Å². The molecule has 4 heterocycles. The molecule has 0 bridgehead atoms. The van der Waals surface area contributed by atoms with E-state index in [1.165, 1.54) is 0 Å². The fourth-order valence-corrected chi connectivity index (χ4v) is 5.17. The van der Waals surface area contributed by atoms with Gasteiger partial charge in [0, 0.05) is 81.0 Å². The highest BCUT2D eigenvalue weighted by Gasteiger charge is 2.25. The van der Waals surface area contributed by atoms with Crippen LogP contribution >= 0.6 is 0 Å². The number of fused-ring (bicyclic) bond motifs is 1. The second kappa shape index (κ2) is 11.4. The van der Waals surface area contributed by atoms with Crippen LogP contribution in [0.3, 0.4) is 0 Å². The van der Waals surface area contributed by atoms with Crippen LogP contribution < -0.4 is 24.6 Å². The number of hydrogen-bond donors (Lipinski definition) is 1. The molecule has 1 aromatic heterocycles. The molecule has 2 aromatic carbocycles. The van der Waals surface area contributed by atoms with Crippen LogP contribution in [0.25, 0.3) is 11.1 Å². The molecule has 1 atom stereocenters. The number of nitrogens with one attached hydrogen (secondary N) is 1. The van der Waals surface area contributed by atoms with Crippen molar-refractivity contribution in [3.63, 3.8) is 0 Å². The van der Waals surface area contributed by atoms with Crippen molar-refractivity contribution < 1.29 is 23.8 Å². The molecule has 0 radical (unpaired) electrons. The molecule has 2 fully saturated rings. The molecule has 3 aliphatic rings. The van der Waals surface area contributed by atoms with Gasteiger partial charge in [-0.05, 0) is 24.3 Å². The quantitative estimate of drug-likeness (QED) is 0.499. The van der Waals surface area contributed by atoms with Crippen LogP contribution in [-0.4, -0.2) is 92.0 Å². The van der Waals surface area contributed by atoms with Gasteiger partial charge in [-0.2, -0.15) is 0 Å². The summed E-state index contributed by atoms with van der Waals surface area (Å²) in [6, 6.07) is 13.2. The van der Waals surface area contributed by atoms with Gasteiger partial charge >= 0.3 is 0 Å². The molecule has 11 nitrogen and oxygen atoms in total. The van der Waals surface area contributed by atoms with Crippen molar-refractivity contribution in [3.8, 4) is 22.6 Å². The maximum absolute atomic E-state index is 12.9. The van der Waals surface area contributed by atoms with Crippen LogP contribution in [0.5, 0.6) is 11.5 Å². The number of nitrogens with zero attached hydrogens (tertiary/aromatic N) is 5. The maximum atomic E-state index is 12.9. The maximum Gasteiger partial charge on any atom is 0.251 e. The Morgan fingerprint density at radius 3 is 2.40 bits per heavy atom. The lowest BCUT2D eigenvalue weighted by Gasteiger charge is -2.37. The fourth-order valence-electron chi connectivity index (χ4n) is 5.17. The van der Waals surface area contributed by atoms with E-state index in [0.29, 0.717) is 56.5 Å². The molecule has 1 unspecified atom stereocenters. The number of piperazine rings is 1. The van der Waals surface area contributed by atoms with Crippen molar-refractivity contribution in [1.82, 2.24) is 20.2 Å². The van der Waals surface area contributed by atoms with Crippen LogP contribution in [0.2, 0.25) is 0 Å². The highest BCUT2D eigenvalue weighted by molar-refractivity contribution is 5.97. The Morgan fingerprint density at radius 1 is 0.900 bits per heavy atom. The monoisotopic (exact) mass is 544 g/mol. The van der Waals surface area contributed by atoms with Gasteiger partial charge in [-0.25, -0.2) is 9.97 Å². The first-order valence-corrected chi connectivity index (χ1v) is 13.6. The number of benzene rings is 2. The Hall–Kier alpha value is -4.38. The molecule has 3 aliphatic heterocycles. The van der Waals surface area contributed by atoms with Crippen LogP contribution in [0.1, 0.15) is 17.3 Å². The van der Waals surface area contributed by atoms with Gasteiger partial charge in [-0.1, -0.05) is 18.2 Å². The first-order valence-electron chi connectivity index (χ1n) is 13.6. The van der Waals surface area contributed by atoms with Gasteiger partial charge in [0.2, 0.25) is 18.1 Å². The van der Waals surface area contributed by atoms with E-state index in [0.717, 1.165) is 35.9 Å². The average Bonchev–Trinajstić information content (AvgIpc) is 3.39. The largest absolute Gasteiger partial charge is 0.451 e. The number of carbonyl (C=O) groups is 2. The Kier molecular flexibility index (Phi) is 7.37. The smallest absolute Gasteiger partial charge is 0.251 e. The van der Waals surface area contributed by atoms with Gasteiger partial charge in [0.05, 0.1) is 19.8 Å². The summed E-state index contributed by atoms with van der Waals surface area (Å²) in [5.74, 6) is 1.42. The van der Waals surface area contributed by atoms with Gasteiger partial charge in [-0.3, -0.25) is 9.59 Å². The standard InChI is InChI=1S/C29H32N6O5/c1-20-39-25-7-6-21(16-26(25)40-20)28(37)30-19-27(36)34-10-8-33(9-11-34)24-5-3-2-4-23(24)22-17-31-29(32-18-22)35-12-14-38-15-13-35/h2-7,16-18,20H,8-15,19H2,1H3,(H,30,37). The van der Waals surface area contributed by atoms with Gasteiger partial charge in [-0.15, -0.1) is 0 Å². The lowest BCUT2D eigenvalue weighted by molar-refractivity contribution is -0.130. The van der Waals surface area contributed by atoms with Crippen molar-refractivity contribution in [1.29, 1.82) is 0 Å². The Labute approximate surface area is 232 Å². The first-order chi connectivity index (χ1) is 19.5. The van der Waals surface area contributed by atoms with E-state index in [2.05, 4.69) is 37.2 Å². The Balaban J connectivity index is 1.04. The number of aromatic nitrogens is 2. The molecule has 3 aromatic rings. The summed E-state index contributed by atoms with van der Waals surface area (Å²) >= 11 is 0. The average molecular weight is 545 g/mol. The van der Waals surface area contributed by atoms with Crippen molar-refractivity contribution in [2.75, 3.05) is 68.8 Å².